The zero-order valence-electron chi connectivity index (χ0n) is 7.71. The van der Waals surface area contributed by atoms with Crippen molar-refractivity contribution in [2.75, 3.05) is 18.8 Å². The van der Waals surface area contributed by atoms with Gasteiger partial charge in [-0.25, -0.2) is 8.42 Å². The number of hydrogen-bond donors (Lipinski definition) is 1. The number of nitrogens with one attached hydrogen (secondary N) is 1. The van der Waals surface area contributed by atoms with Crippen LogP contribution in [0, 0.1) is 5.92 Å². The minimum atomic E-state index is -2.82. The summed E-state index contributed by atoms with van der Waals surface area (Å²) in [5, 5.41) is 2.95. The van der Waals surface area contributed by atoms with Gasteiger partial charge in [0.05, 0.1) is 11.0 Å². The van der Waals surface area contributed by atoms with E-state index >= 15 is 0 Å². The lowest BCUT2D eigenvalue weighted by atomic mass is 10.3. The van der Waals surface area contributed by atoms with Crippen LogP contribution in [0.4, 0.5) is 0 Å². The second-order valence-electron chi connectivity index (χ2n) is 3.84. The third kappa shape index (κ3) is 2.45. The third-order valence-corrected chi connectivity index (χ3v) is 4.64. The molecule has 3 nitrogen and oxygen atoms in total. The fourth-order valence-corrected chi connectivity index (χ4v) is 3.59. The summed E-state index contributed by atoms with van der Waals surface area (Å²) in [5.74, 6) is 0.579. The zero-order valence-corrected chi connectivity index (χ0v) is 8.52. The molecule has 1 aliphatic heterocycles. The minimum Gasteiger partial charge on any atom is -0.315 e. The van der Waals surface area contributed by atoms with Crippen molar-refractivity contribution < 1.29 is 8.42 Å². The Kier molecular flexibility index (Phi) is 3.12. The van der Waals surface area contributed by atoms with Gasteiger partial charge in [-0.05, 0) is 18.9 Å². The molecule has 1 aliphatic rings. The number of sulfone groups is 1. The first-order chi connectivity index (χ1) is 5.52. The largest absolute Gasteiger partial charge is 0.315 e. The highest BCUT2D eigenvalue weighted by atomic mass is 32.2. The molecule has 1 atom stereocenters. The highest BCUT2D eigenvalue weighted by molar-refractivity contribution is 7.92. The van der Waals surface area contributed by atoms with Crippen LogP contribution in [0.2, 0.25) is 0 Å². The maximum Gasteiger partial charge on any atom is 0.154 e. The van der Waals surface area contributed by atoms with Crippen LogP contribution < -0.4 is 5.32 Å². The molecule has 0 amide bonds. The Morgan fingerprint density at radius 3 is 2.58 bits per heavy atom. The molecule has 1 fully saturated rings. The molecule has 4 heteroatoms. The molecule has 1 rings (SSSR count). The average molecular weight is 191 g/mol. The summed E-state index contributed by atoms with van der Waals surface area (Å²) in [6, 6.07) is 0. The summed E-state index contributed by atoms with van der Waals surface area (Å²) in [6.07, 6.45) is 0.787. The Hall–Kier alpha value is -0.0900. The van der Waals surface area contributed by atoms with Crippen molar-refractivity contribution in [2.45, 2.75) is 25.5 Å². The molecule has 1 heterocycles. The van der Waals surface area contributed by atoms with Crippen LogP contribution in [-0.2, 0) is 9.84 Å². The molecule has 0 saturated carbocycles. The second-order valence-corrected chi connectivity index (χ2v) is 6.16. The summed E-state index contributed by atoms with van der Waals surface area (Å²) in [6.45, 7) is 5.39. The average Bonchev–Trinajstić information content (AvgIpc) is 2.32. The molecule has 0 aliphatic carbocycles. The molecular formula is C8H17NO2S. The van der Waals surface area contributed by atoms with Crippen LogP contribution in [0.25, 0.3) is 0 Å². The van der Waals surface area contributed by atoms with Gasteiger partial charge in [-0.15, -0.1) is 0 Å². The summed E-state index contributed by atoms with van der Waals surface area (Å²) in [7, 11) is -2.82. The van der Waals surface area contributed by atoms with E-state index in [9.17, 15) is 8.42 Å². The maximum atomic E-state index is 11.6. The first-order valence-corrected chi connectivity index (χ1v) is 6.16. The SMILES string of the molecule is CC(C)CS(=O)(=O)C1CCNC1. The van der Waals surface area contributed by atoms with Gasteiger partial charge in [-0.2, -0.15) is 0 Å². The fourth-order valence-electron chi connectivity index (χ4n) is 1.54. The molecule has 0 bridgehead atoms. The quantitative estimate of drug-likeness (QED) is 0.703. The lowest BCUT2D eigenvalue weighted by molar-refractivity contribution is 0.569. The lowest BCUT2D eigenvalue weighted by Gasteiger charge is -2.11. The number of hydrogen-bond acceptors (Lipinski definition) is 3. The predicted molar refractivity (Wildman–Crippen MR) is 49.9 cm³/mol. The van der Waals surface area contributed by atoms with E-state index in [1.807, 2.05) is 13.8 Å². The molecule has 0 aromatic heterocycles. The molecular weight excluding hydrogens is 174 g/mol. The molecule has 1 saturated heterocycles. The van der Waals surface area contributed by atoms with Gasteiger partial charge in [0.2, 0.25) is 0 Å². The molecule has 0 aromatic carbocycles. The van der Waals surface area contributed by atoms with Crippen molar-refractivity contribution in [3.8, 4) is 0 Å². The van der Waals surface area contributed by atoms with Crippen molar-refractivity contribution in [1.82, 2.24) is 5.32 Å². The van der Waals surface area contributed by atoms with Crippen molar-refractivity contribution in [3.05, 3.63) is 0 Å². The first kappa shape index (κ1) is 9.99. The van der Waals surface area contributed by atoms with Crippen molar-refractivity contribution in [3.63, 3.8) is 0 Å². The summed E-state index contributed by atoms with van der Waals surface area (Å²) >= 11 is 0. The molecule has 12 heavy (non-hydrogen) atoms. The van der Waals surface area contributed by atoms with Crippen LogP contribution >= 0.6 is 0 Å². The predicted octanol–water partition coefficient (Wildman–Crippen LogP) is 0.419. The van der Waals surface area contributed by atoms with Gasteiger partial charge in [0, 0.05) is 6.54 Å². The maximum absolute atomic E-state index is 11.6. The van der Waals surface area contributed by atoms with E-state index in [4.69, 9.17) is 0 Å². The third-order valence-electron chi connectivity index (χ3n) is 2.09. The molecule has 0 spiro atoms. The van der Waals surface area contributed by atoms with Crippen LogP contribution in [0.5, 0.6) is 0 Å². The Bertz CT molecular complexity index is 227. The van der Waals surface area contributed by atoms with Gasteiger partial charge in [0.25, 0.3) is 0 Å². The standard InChI is InChI=1S/C8H17NO2S/c1-7(2)6-12(10,11)8-3-4-9-5-8/h7-9H,3-6H2,1-2H3. The Labute approximate surface area is 74.5 Å². The van der Waals surface area contributed by atoms with Gasteiger partial charge in [-0.3, -0.25) is 0 Å². The summed E-state index contributed by atoms with van der Waals surface area (Å²) < 4.78 is 23.2. The Balaban J connectivity index is 2.58. The highest BCUT2D eigenvalue weighted by Gasteiger charge is 2.28. The van der Waals surface area contributed by atoms with Gasteiger partial charge in [0.15, 0.2) is 9.84 Å². The van der Waals surface area contributed by atoms with Gasteiger partial charge < -0.3 is 5.32 Å². The van der Waals surface area contributed by atoms with E-state index in [2.05, 4.69) is 5.32 Å². The molecule has 72 valence electrons. The van der Waals surface area contributed by atoms with Crippen LogP contribution in [0.15, 0.2) is 0 Å². The van der Waals surface area contributed by atoms with E-state index in [0.717, 1.165) is 13.0 Å². The fraction of sp³-hybridized carbons (Fsp3) is 1.00. The van der Waals surface area contributed by atoms with E-state index in [0.29, 0.717) is 12.3 Å². The normalized spacial score (nSPS) is 25.1. The monoisotopic (exact) mass is 191 g/mol. The van der Waals surface area contributed by atoms with E-state index in [1.165, 1.54) is 0 Å². The smallest absolute Gasteiger partial charge is 0.154 e. The highest BCUT2D eigenvalue weighted by Crippen LogP contribution is 2.13. The van der Waals surface area contributed by atoms with Gasteiger partial charge >= 0.3 is 0 Å². The van der Waals surface area contributed by atoms with Crippen molar-refractivity contribution in [1.29, 1.82) is 0 Å². The molecule has 0 aromatic rings. The van der Waals surface area contributed by atoms with Crippen LogP contribution in [0.3, 0.4) is 0 Å². The van der Waals surface area contributed by atoms with Gasteiger partial charge in [-0.1, -0.05) is 13.8 Å². The van der Waals surface area contributed by atoms with Crippen molar-refractivity contribution in [2.24, 2.45) is 5.92 Å². The molecule has 1 unspecified atom stereocenters. The van der Waals surface area contributed by atoms with Crippen molar-refractivity contribution >= 4 is 9.84 Å². The Morgan fingerprint density at radius 2 is 2.17 bits per heavy atom. The van der Waals surface area contributed by atoms with Gasteiger partial charge in [0.1, 0.15) is 0 Å². The number of rotatable bonds is 3. The Morgan fingerprint density at radius 1 is 1.50 bits per heavy atom. The molecule has 1 N–H and O–H groups in total. The second kappa shape index (κ2) is 3.75. The van der Waals surface area contributed by atoms with E-state index in [-0.39, 0.29) is 11.2 Å². The van der Waals surface area contributed by atoms with E-state index < -0.39 is 9.84 Å². The summed E-state index contributed by atoms with van der Waals surface area (Å²) in [4.78, 5) is 0. The van der Waals surface area contributed by atoms with Crippen LogP contribution in [0.1, 0.15) is 20.3 Å². The summed E-state index contributed by atoms with van der Waals surface area (Å²) in [5.41, 5.74) is 0. The zero-order chi connectivity index (χ0) is 9.19. The lowest BCUT2D eigenvalue weighted by Crippen LogP contribution is -2.28. The van der Waals surface area contributed by atoms with E-state index in [1.54, 1.807) is 0 Å². The minimum absolute atomic E-state index is 0.125. The first-order valence-electron chi connectivity index (χ1n) is 4.44. The topological polar surface area (TPSA) is 46.2 Å². The molecule has 0 radical (unpaired) electrons. The van der Waals surface area contributed by atoms with Crippen LogP contribution in [-0.4, -0.2) is 32.5 Å².